The predicted molar refractivity (Wildman–Crippen MR) is 69.7 cm³/mol. The zero-order valence-electron chi connectivity index (χ0n) is 10.5. The Labute approximate surface area is 113 Å². The number of nitro benzene ring substituents is 1. The average molecular weight is 275 g/mol. The van der Waals surface area contributed by atoms with E-state index in [4.69, 9.17) is 4.74 Å². The van der Waals surface area contributed by atoms with Gasteiger partial charge in [0.25, 0.3) is 0 Å². The van der Waals surface area contributed by atoms with E-state index in [1.807, 2.05) is 0 Å². The van der Waals surface area contributed by atoms with Crippen molar-refractivity contribution in [2.45, 2.75) is 6.92 Å². The minimum absolute atomic E-state index is 0.223. The Balaban J connectivity index is 2.42. The van der Waals surface area contributed by atoms with Gasteiger partial charge in [0, 0.05) is 11.6 Å². The van der Waals surface area contributed by atoms with E-state index in [2.05, 4.69) is 0 Å². The van der Waals surface area contributed by atoms with Gasteiger partial charge >= 0.3 is 5.69 Å². The van der Waals surface area contributed by atoms with Crippen LogP contribution in [0.25, 0.3) is 0 Å². The Morgan fingerprint density at radius 3 is 2.65 bits per heavy atom. The highest BCUT2D eigenvalue weighted by Crippen LogP contribution is 2.34. The number of halogens is 1. The van der Waals surface area contributed by atoms with Crippen molar-refractivity contribution in [3.63, 3.8) is 0 Å². The highest BCUT2D eigenvalue weighted by molar-refractivity contribution is 5.77. The fourth-order valence-electron chi connectivity index (χ4n) is 1.70. The van der Waals surface area contributed by atoms with Crippen LogP contribution in [0.5, 0.6) is 11.5 Å². The van der Waals surface area contributed by atoms with Crippen LogP contribution >= 0.6 is 0 Å². The number of hydrogen-bond donors (Lipinski definition) is 0. The van der Waals surface area contributed by atoms with E-state index in [0.29, 0.717) is 17.4 Å². The molecule has 0 saturated carbocycles. The quantitative estimate of drug-likeness (QED) is 0.485. The SMILES string of the molecule is Cc1cc(Oc2c(F)cccc2[N+](=O)[O-])ccc1C=O. The van der Waals surface area contributed by atoms with Crippen molar-refractivity contribution in [1.82, 2.24) is 0 Å². The van der Waals surface area contributed by atoms with Gasteiger partial charge in [0.15, 0.2) is 5.82 Å². The molecule has 0 aliphatic rings. The van der Waals surface area contributed by atoms with E-state index in [1.54, 1.807) is 6.92 Å². The number of nitro groups is 1. The third-order valence-electron chi connectivity index (χ3n) is 2.73. The van der Waals surface area contributed by atoms with Crippen molar-refractivity contribution < 1.29 is 18.8 Å². The second-order valence-corrected chi connectivity index (χ2v) is 4.08. The Morgan fingerprint density at radius 1 is 1.30 bits per heavy atom. The smallest absolute Gasteiger partial charge is 0.314 e. The molecule has 0 aliphatic heterocycles. The van der Waals surface area contributed by atoms with Crippen molar-refractivity contribution in [2.75, 3.05) is 0 Å². The van der Waals surface area contributed by atoms with Crippen molar-refractivity contribution >= 4 is 12.0 Å². The molecule has 2 aromatic rings. The molecule has 0 saturated heterocycles. The summed E-state index contributed by atoms with van der Waals surface area (Å²) in [5.74, 6) is -1.05. The van der Waals surface area contributed by atoms with Gasteiger partial charge in [-0.05, 0) is 36.8 Å². The number of carbonyl (C=O) groups excluding carboxylic acids is 1. The molecule has 20 heavy (non-hydrogen) atoms. The van der Waals surface area contributed by atoms with Crippen LogP contribution in [0.3, 0.4) is 0 Å². The summed E-state index contributed by atoms with van der Waals surface area (Å²) < 4.78 is 18.9. The summed E-state index contributed by atoms with van der Waals surface area (Å²) in [6.07, 6.45) is 0.685. The third-order valence-corrected chi connectivity index (χ3v) is 2.73. The summed E-state index contributed by atoms with van der Waals surface area (Å²) in [5, 5.41) is 10.8. The number of rotatable bonds is 4. The minimum Gasteiger partial charge on any atom is -0.447 e. The molecule has 0 atom stereocenters. The van der Waals surface area contributed by atoms with Crippen LogP contribution in [-0.4, -0.2) is 11.2 Å². The van der Waals surface area contributed by atoms with Crippen LogP contribution in [0.4, 0.5) is 10.1 Å². The first-order valence-corrected chi connectivity index (χ1v) is 5.69. The Hall–Kier alpha value is -2.76. The van der Waals surface area contributed by atoms with Gasteiger partial charge in [-0.2, -0.15) is 0 Å². The molecule has 0 N–H and O–H groups in total. The minimum atomic E-state index is -0.823. The van der Waals surface area contributed by atoms with Crippen LogP contribution in [0, 0.1) is 22.9 Å². The van der Waals surface area contributed by atoms with E-state index < -0.39 is 22.2 Å². The fraction of sp³-hybridized carbons (Fsp3) is 0.0714. The number of nitrogens with zero attached hydrogens (tertiary/aromatic N) is 1. The first kappa shape index (κ1) is 13.7. The zero-order valence-corrected chi connectivity index (χ0v) is 10.5. The highest BCUT2D eigenvalue weighted by Gasteiger charge is 2.20. The highest BCUT2D eigenvalue weighted by atomic mass is 19.1. The van der Waals surface area contributed by atoms with Gasteiger partial charge in [-0.25, -0.2) is 4.39 Å². The normalized spacial score (nSPS) is 10.1. The molecule has 102 valence electrons. The topological polar surface area (TPSA) is 69.4 Å². The van der Waals surface area contributed by atoms with Crippen LogP contribution in [-0.2, 0) is 0 Å². The molecule has 0 amide bonds. The molecule has 2 rings (SSSR count). The van der Waals surface area contributed by atoms with Crippen LogP contribution in [0.15, 0.2) is 36.4 Å². The summed E-state index contributed by atoms with van der Waals surface area (Å²) in [7, 11) is 0. The summed E-state index contributed by atoms with van der Waals surface area (Å²) >= 11 is 0. The molecule has 0 aliphatic carbocycles. The number of ether oxygens (including phenoxy) is 1. The Kier molecular flexibility index (Phi) is 3.74. The Morgan fingerprint density at radius 2 is 2.05 bits per heavy atom. The maximum Gasteiger partial charge on any atom is 0.314 e. The van der Waals surface area contributed by atoms with Gasteiger partial charge in [-0.15, -0.1) is 0 Å². The van der Waals surface area contributed by atoms with Gasteiger partial charge in [0.05, 0.1) is 4.92 Å². The Bertz CT molecular complexity index is 685. The molecule has 2 aromatic carbocycles. The lowest BCUT2D eigenvalue weighted by Crippen LogP contribution is -1.96. The van der Waals surface area contributed by atoms with E-state index in [9.17, 15) is 19.3 Å². The second kappa shape index (κ2) is 5.48. The molecule has 0 bridgehead atoms. The molecule has 0 fully saturated rings. The van der Waals surface area contributed by atoms with E-state index in [1.165, 1.54) is 24.3 Å². The second-order valence-electron chi connectivity index (χ2n) is 4.08. The lowest BCUT2D eigenvalue weighted by atomic mass is 10.1. The zero-order chi connectivity index (χ0) is 14.7. The van der Waals surface area contributed by atoms with Gasteiger partial charge in [-0.1, -0.05) is 6.07 Å². The van der Waals surface area contributed by atoms with Crippen molar-refractivity contribution in [1.29, 1.82) is 0 Å². The number of hydrogen-bond acceptors (Lipinski definition) is 4. The van der Waals surface area contributed by atoms with Crippen molar-refractivity contribution in [2.24, 2.45) is 0 Å². The lowest BCUT2D eigenvalue weighted by molar-refractivity contribution is -0.385. The van der Waals surface area contributed by atoms with Gasteiger partial charge in [-0.3, -0.25) is 14.9 Å². The molecule has 0 unspecified atom stereocenters. The molecule has 0 aromatic heterocycles. The van der Waals surface area contributed by atoms with Crippen LogP contribution in [0.2, 0.25) is 0 Å². The molecular weight excluding hydrogens is 265 g/mol. The standard InChI is InChI=1S/C14H10FNO4/c1-9-7-11(6-5-10(9)8-17)20-14-12(15)3-2-4-13(14)16(18)19/h2-8H,1H3. The van der Waals surface area contributed by atoms with E-state index >= 15 is 0 Å². The molecule has 5 nitrogen and oxygen atoms in total. The third kappa shape index (κ3) is 2.64. The first-order chi connectivity index (χ1) is 9.52. The van der Waals surface area contributed by atoms with Gasteiger partial charge < -0.3 is 4.74 Å². The van der Waals surface area contributed by atoms with E-state index in [-0.39, 0.29) is 5.75 Å². The lowest BCUT2D eigenvalue weighted by Gasteiger charge is -2.08. The van der Waals surface area contributed by atoms with Crippen LogP contribution in [0.1, 0.15) is 15.9 Å². The summed E-state index contributed by atoms with van der Waals surface area (Å²) in [6.45, 7) is 1.69. The number of aldehydes is 1. The molecule has 0 heterocycles. The molecular formula is C14H10FNO4. The monoisotopic (exact) mass is 275 g/mol. The number of carbonyl (C=O) groups is 1. The largest absolute Gasteiger partial charge is 0.447 e. The average Bonchev–Trinajstić information content (AvgIpc) is 2.41. The number of para-hydroxylation sites is 1. The number of benzene rings is 2. The molecule has 0 radical (unpaired) electrons. The summed E-state index contributed by atoms with van der Waals surface area (Å²) in [6, 6.07) is 7.94. The van der Waals surface area contributed by atoms with Gasteiger partial charge in [0.1, 0.15) is 12.0 Å². The maximum atomic E-state index is 13.7. The van der Waals surface area contributed by atoms with E-state index in [0.717, 1.165) is 12.1 Å². The van der Waals surface area contributed by atoms with Crippen molar-refractivity contribution in [3.8, 4) is 11.5 Å². The van der Waals surface area contributed by atoms with Crippen LogP contribution < -0.4 is 4.74 Å². The summed E-state index contributed by atoms with van der Waals surface area (Å²) in [4.78, 5) is 20.8. The van der Waals surface area contributed by atoms with Crippen molar-refractivity contribution in [3.05, 3.63) is 63.5 Å². The summed E-state index contributed by atoms with van der Waals surface area (Å²) in [5.41, 5.74) is 0.652. The fourth-order valence-corrected chi connectivity index (χ4v) is 1.70. The van der Waals surface area contributed by atoms with Gasteiger partial charge in [0.2, 0.25) is 5.75 Å². The predicted octanol–water partition coefficient (Wildman–Crippen LogP) is 3.65. The maximum absolute atomic E-state index is 13.7. The molecule has 0 spiro atoms. The number of aryl methyl sites for hydroxylation is 1. The first-order valence-electron chi connectivity index (χ1n) is 5.69. The molecule has 6 heteroatoms.